The monoisotopic (exact) mass is 625 g/mol. The number of halogens is 11. The molecule has 0 aliphatic rings. The van der Waals surface area contributed by atoms with Crippen LogP contribution in [-0.2, 0) is 4.79 Å². The Morgan fingerprint density at radius 2 is 1.50 bits per heavy atom. The normalized spacial score (nSPS) is 14.3. The average molecular weight is 627 g/mol. The quantitative estimate of drug-likeness (QED) is 0.166. The van der Waals surface area contributed by atoms with Gasteiger partial charge in [-0.1, -0.05) is 59.4 Å². The number of carbonyl (C=O) groups excluding carboxylic acids is 2. The van der Waals surface area contributed by atoms with Gasteiger partial charge in [-0.2, -0.15) is 26.3 Å². The summed E-state index contributed by atoms with van der Waals surface area (Å²) in [5.41, 5.74) is -1.05. The van der Waals surface area contributed by atoms with Gasteiger partial charge in [-0.3, -0.25) is 9.59 Å². The van der Waals surface area contributed by atoms with Gasteiger partial charge >= 0.3 is 12.4 Å². The maximum atomic E-state index is 14.9. The standard InChI is InChI=1S/C24H18Cl4F7NO2/c1-11(22(38)36(2)10-23(30,31)32)5-20(37)14-4-3-12(6-16(14)25)19(29)9-15(24(33,34)35)13-7-17(26)21(28)18(27)8-13/h3-4,6-9,11,15H,5,10H2,1-2H3/b19-9-/t11-,15?/m0/s1. The van der Waals surface area contributed by atoms with Crippen molar-refractivity contribution in [1.82, 2.24) is 4.90 Å². The van der Waals surface area contributed by atoms with Gasteiger partial charge in [0.15, 0.2) is 5.78 Å². The first kappa shape index (κ1) is 32.2. The summed E-state index contributed by atoms with van der Waals surface area (Å²) in [5.74, 6) is -6.58. The maximum Gasteiger partial charge on any atom is 0.406 e. The Labute approximate surface area is 233 Å². The van der Waals surface area contributed by atoms with Gasteiger partial charge in [0.25, 0.3) is 0 Å². The van der Waals surface area contributed by atoms with Crippen molar-refractivity contribution in [3.05, 3.63) is 73.2 Å². The van der Waals surface area contributed by atoms with Crippen LogP contribution >= 0.6 is 46.4 Å². The molecule has 0 saturated heterocycles. The fourth-order valence-corrected chi connectivity index (χ4v) is 4.36. The lowest BCUT2D eigenvalue weighted by molar-refractivity contribution is -0.160. The summed E-state index contributed by atoms with van der Waals surface area (Å²) in [6, 6.07) is 4.77. The fraction of sp³-hybridized carbons (Fsp3) is 0.333. The summed E-state index contributed by atoms with van der Waals surface area (Å²) < 4.78 is 93.7. The fourth-order valence-electron chi connectivity index (χ4n) is 3.47. The first-order chi connectivity index (χ1) is 17.3. The van der Waals surface area contributed by atoms with E-state index < -0.39 is 60.2 Å². The van der Waals surface area contributed by atoms with Crippen molar-refractivity contribution in [1.29, 1.82) is 0 Å². The van der Waals surface area contributed by atoms with Crippen LogP contribution in [0.2, 0.25) is 20.1 Å². The summed E-state index contributed by atoms with van der Waals surface area (Å²) >= 11 is 23.5. The third kappa shape index (κ3) is 8.49. The third-order valence-electron chi connectivity index (χ3n) is 5.28. The topological polar surface area (TPSA) is 37.4 Å². The molecular weight excluding hydrogens is 609 g/mol. The molecule has 0 bridgehead atoms. The predicted octanol–water partition coefficient (Wildman–Crippen LogP) is 9.19. The summed E-state index contributed by atoms with van der Waals surface area (Å²) in [4.78, 5) is 25.2. The van der Waals surface area contributed by atoms with Gasteiger partial charge in [0.2, 0.25) is 5.91 Å². The molecule has 3 nitrogen and oxygen atoms in total. The average Bonchev–Trinajstić information content (AvgIpc) is 2.77. The molecule has 0 fully saturated rings. The minimum Gasteiger partial charge on any atom is -0.336 e. The molecule has 0 aromatic heterocycles. The second kappa shape index (κ2) is 12.4. The molecule has 2 atom stereocenters. The van der Waals surface area contributed by atoms with Crippen LogP contribution in [0.5, 0.6) is 0 Å². The second-order valence-corrected chi connectivity index (χ2v) is 9.96. The first-order valence-electron chi connectivity index (χ1n) is 10.5. The molecule has 14 heteroatoms. The number of hydrogen-bond donors (Lipinski definition) is 0. The number of carbonyl (C=O) groups is 2. The van der Waals surface area contributed by atoms with E-state index in [-0.39, 0.29) is 37.3 Å². The largest absolute Gasteiger partial charge is 0.406 e. The van der Waals surface area contributed by atoms with Crippen LogP contribution in [0.3, 0.4) is 0 Å². The highest BCUT2D eigenvalue weighted by molar-refractivity contribution is 6.48. The Bertz CT molecular complexity index is 1220. The number of ketones is 1. The zero-order chi connectivity index (χ0) is 29.2. The van der Waals surface area contributed by atoms with Gasteiger partial charge in [0, 0.05) is 30.5 Å². The first-order valence-corrected chi connectivity index (χ1v) is 12.1. The zero-order valence-corrected chi connectivity index (χ0v) is 22.5. The highest BCUT2D eigenvalue weighted by Gasteiger charge is 2.40. The number of amides is 1. The third-order valence-corrected chi connectivity index (χ3v) is 6.79. The van der Waals surface area contributed by atoms with E-state index >= 15 is 0 Å². The zero-order valence-electron chi connectivity index (χ0n) is 19.5. The van der Waals surface area contributed by atoms with Crippen molar-refractivity contribution >= 4 is 63.9 Å². The molecule has 1 unspecified atom stereocenters. The van der Waals surface area contributed by atoms with E-state index in [0.29, 0.717) is 4.90 Å². The van der Waals surface area contributed by atoms with Crippen LogP contribution in [0.1, 0.15) is 40.7 Å². The van der Waals surface area contributed by atoms with E-state index in [1.165, 1.54) is 6.92 Å². The van der Waals surface area contributed by atoms with Crippen molar-refractivity contribution in [3.8, 4) is 0 Å². The van der Waals surface area contributed by atoms with Crippen molar-refractivity contribution < 1.29 is 40.3 Å². The van der Waals surface area contributed by atoms with Gasteiger partial charge in [-0.05, 0) is 35.9 Å². The number of benzene rings is 2. The van der Waals surface area contributed by atoms with Crippen LogP contribution in [-0.4, -0.2) is 42.5 Å². The number of alkyl halides is 6. The summed E-state index contributed by atoms with van der Waals surface area (Å²) in [7, 11) is 0.938. The molecule has 2 rings (SSSR count). The lowest BCUT2D eigenvalue weighted by Gasteiger charge is -2.22. The highest BCUT2D eigenvalue weighted by atomic mass is 35.5. The SMILES string of the molecule is C[C@@H](CC(=O)c1ccc(/C(F)=C/C(c2cc(Cl)c(Cl)c(Cl)c2)C(F)(F)F)cc1Cl)C(=O)N(C)CC(F)(F)F. The van der Waals surface area contributed by atoms with E-state index in [2.05, 4.69) is 0 Å². The van der Waals surface area contributed by atoms with Crippen LogP contribution < -0.4 is 0 Å². The molecule has 0 N–H and O–H groups in total. The second-order valence-electron chi connectivity index (χ2n) is 8.36. The maximum absolute atomic E-state index is 14.9. The van der Waals surface area contributed by atoms with E-state index in [9.17, 15) is 40.3 Å². The van der Waals surface area contributed by atoms with Gasteiger partial charge < -0.3 is 4.90 Å². The lowest BCUT2D eigenvalue weighted by Crippen LogP contribution is -2.39. The molecule has 38 heavy (non-hydrogen) atoms. The summed E-state index contributed by atoms with van der Waals surface area (Å²) in [6.45, 7) is -0.247. The molecule has 208 valence electrons. The van der Waals surface area contributed by atoms with Crippen molar-refractivity contribution in [2.24, 2.45) is 5.92 Å². The van der Waals surface area contributed by atoms with Gasteiger partial charge in [-0.15, -0.1) is 0 Å². The smallest absolute Gasteiger partial charge is 0.336 e. The van der Waals surface area contributed by atoms with Crippen LogP contribution in [0.25, 0.3) is 5.83 Å². The highest BCUT2D eigenvalue weighted by Crippen LogP contribution is 2.42. The number of hydrogen-bond acceptors (Lipinski definition) is 2. The molecule has 0 saturated carbocycles. The Balaban J connectivity index is 2.29. The van der Waals surface area contributed by atoms with Gasteiger partial charge in [0.05, 0.1) is 20.1 Å². The Morgan fingerprint density at radius 3 is 1.97 bits per heavy atom. The van der Waals surface area contributed by atoms with E-state index in [0.717, 1.165) is 37.4 Å². The van der Waals surface area contributed by atoms with E-state index in [4.69, 9.17) is 46.4 Å². The van der Waals surface area contributed by atoms with Crippen molar-refractivity contribution in [2.75, 3.05) is 13.6 Å². The molecule has 1 amide bonds. The minimum atomic E-state index is -4.94. The Hall–Kier alpha value is -2.01. The van der Waals surface area contributed by atoms with Crippen molar-refractivity contribution in [2.45, 2.75) is 31.6 Å². The summed E-state index contributed by atoms with van der Waals surface area (Å²) in [5, 5.41) is -1.03. The Kier molecular flexibility index (Phi) is 10.5. The summed E-state index contributed by atoms with van der Waals surface area (Å²) in [6.07, 6.45) is -9.80. The van der Waals surface area contributed by atoms with E-state index in [1.807, 2.05) is 0 Å². The predicted molar refractivity (Wildman–Crippen MR) is 133 cm³/mol. The molecule has 0 spiro atoms. The molecule has 2 aromatic carbocycles. The molecule has 0 aliphatic heterocycles. The van der Waals surface area contributed by atoms with E-state index in [1.54, 1.807) is 0 Å². The van der Waals surface area contributed by atoms with Crippen LogP contribution in [0.15, 0.2) is 36.4 Å². The molecule has 0 radical (unpaired) electrons. The lowest BCUT2D eigenvalue weighted by atomic mass is 9.95. The van der Waals surface area contributed by atoms with Gasteiger partial charge in [0.1, 0.15) is 18.3 Å². The molecular formula is C24H18Cl4F7NO2. The minimum absolute atomic E-state index is 0.169. The number of allylic oxidation sites excluding steroid dienone is 1. The van der Waals surface area contributed by atoms with Crippen LogP contribution in [0, 0.1) is 5.92 Å². The number of Topliss-reactive ketones (excluding diaryl/α,β-unsaturated/α-hetero) is 1. The van der Waals surface area contributed by atoms with Crippen molar-refractivity contribution in [3.63, 3.8) is 0 Å². The number of rotatable bonds is 8. The number of nitrogens with zero attached hydrogens (tertiary/aromatic N) is 1. The molecule has 0 heterocycles. The van der Waals surface area contributed by atoms with Crippen LogP contribution in [0.4, 0.5) is 30.7 Å². The Morgan fingerprint density at radius 1 is 0.947 bits per heavy atom. The molecule has 2 aromatic rings. The molecule has 0 aliphatic carbocycles. The van der Waals surface area contributed by atoms with Gasteiger partial charge in [-0.25, -0.2) is 4.39 Å².